The number of ether oxygens (including phenoxy) is 1. The van der Waals surface area contributed by atoms with Gasteiger partial charge in [-0.1, -0.05) is 12.8 Å². The van der Waals surface area contributed by atoms with Crippen LogP contribution in [-0.4, -0.2) is 25.3 Å². The maximum atomic E-state index is 5.72. The molecule has 2 rings (SSSR count). The number of hydrogen-bond acceptors (Lipinski definition) is 2. The molecular weight excluding hydrogens is 186 g/mol. The lowest BCUT2D eigenvalue weighted by molar-refractivity contribution is 0.000627. The van der Waals surface area contributed by atoms with Crippen molar-refractivity contribution in [2.45, 2.75) is 69.9 Å². The Balaban J connectivity index is 1.26. The summed E-state index contributed by atoms with van der Waals surface area (Å²) in [4.78, 5) is 0. The average molecular weight is 211 g/mol. The molecule has 0 spiro atoms. The molecule has 0 radical (unpaired) electrons. The second-order valence-corrected chi connectivity index (χ2v) is 5.07. The molecule has 0 aliphatic heterocycles. The molecule has 0 bridgehead atoms. The van der Waals surface area contributed by atoms with Gasteiger partial charge < -0.3 is 10.1 Å². The molecule has 0 aromatic rings. The Labute approximate surface area is 93.8 Å². The van der Waals surface area contributed by atoms with Gasteiger partial charge in [0.05, 0.1) is 6.10 Å². The summed E-state index contributed by atoms with van der Waals surface area (Å²) in [5.41, 5.74) is 0. The quantitative estimate of drug-likeness (QED) is 0.592. The van der Waals surface area contributed by atoms with Gasteiger partial charge in [0, 0.05) is 12.6 Å². The summed E-state index contributed by atoms with van der Waals surface area (Å²) in [6, 6.07) is 0.881. The molecule has 15 heavy (non-hydrogen) atoms. The fourth-order valence-electron chi connectivity index (χ4n) is 1.96. The van der Waals surface area contributed by atoms with Crippen LogP contribution >= 0.6 is 0 Å². The van der Waals surface area contributed by atoms with Crippen LogP contribution in [0.15, 0.2) is 0 Å². The van der Waals surface area contributed by atoms with E-state index in [9.17, 15) is 0 Å². The maximum Gasteiger partial charge on any atom is 0.0575 e. The highest BCUT2D eigenvalue weighted by molar-refractivity contribution is 4.80. The van der Waals surface area contributed by atoms with Crippen molar-refractivity contribution in [3.8, 4) is 0 Å². The van der Waals surface area contributed by atoms with Gasteiger partial charge >= 0.3 is 0 Å². The van der Waals surface area contributed by atoms with Crippen LogP contribution in [0.4, 0.5) is 0 Å². The standard InChI is InChI=1S/C13H25NO/c1(3-10-14-12-8-9-12)2-4-11-15-13-6-5-7-13/h12-14H,1-11H2. The van der Waals surface area contributed by atoms with Crippen molar-refractivity contribution in [2.75, 3.05) is 13.2 Å². The van der Waals surface area contributed by atoms with Crippen molar-refractivity contribution < 1.29 is 4.74 Å². The summed E-state index contributed by atoms with van der Waals surface area (Å²) < 4.78 is 5.72. The number of hydrogen-bond donors (Lipinski definition) is 1. The van der Waals surface area contributed by atoms with E-state index in [0.717, 1.165) is 12.6 Å². The van der Waals surface area contributed by atoms with Gasteiger partial charge in [-0.25, -0.2) is 0 Å². The van der Waals surface area contributed by atoms with E-state index in [0.29, 0.717) is 6.10 Å². The van der Waals surface area contributed by atoms with Crippen LogP contribution in [0.5, 0.6) is 0 Å². The molecular formula is C13H25NO. The third kappa shape index (κ3) is 4.98. The zero-order valence-corrected chi connectivity index (χ0v) is 9.84. The lowest BCUT2D eigenvalue weighted by Crippen LogP contribution is -2.21. The first-order valence-corrected chi connectivity index (χ1v) is 6.80. The van der Waals surface area contributed by atoms with Gasteiger partial charge in [-0.05, 0) is 51.5 Å². The maximum absolute atomic E-state index is 5.72. The van der Waals surface area contributed by atoms with Crippen LogP contribution in [0.2, 0.25) is 0 Å². The largest absolute Gasteiger partial charge is 0.378 e. The first-order chi connectivity index (χ1) is 7.45. The molecule has 0 unspecified atom stereocenters. The van der Waals surface area contributed by atoms with Gasteiger partial charge in [0.2, 0.25) is 0 Å². The summed E-state index contributed by atoms with van der Waals surface area (Å²) in [7, 11) is 0. The minimum atomic E-state index is 0.626. The van der Waals surface area contributed by atoms with Gasteiger partial charge in [0.1, 0.15) is 0 Å². The van der Waals surface area contributed by atoms with E-state index in [4.69, 9.17) is 4.74 Å². The minimum absolute atomic E-state index is 0.626. The Morgan fingerprint density at radius 2 is 1.73 bits per heavy atom. The molecule has 2 aliphatic carbocycles. The highest BCUT2D eigenvalue weighted by Crippen LogP contribution is 2.22. The van der Waals surface area contributed by atoms with Crippen molar-refractivity contribution in [1.29, 1.82) is 0 Å². The highest BCUT2D eigenvalue weighted by atomic mass is 16.5. The van der Waals surface area contributed by atoms with E-state index in [1.807, 2.05) is 0 Å². The van der Waals surface area contributed by atoms with Gasteiger partial charge in [-0.2, -0.15) is 0 Å². The van der Waals surface area contributed by atoms with E-state index < -0.39 is 0 Å². The molecule has 1 N–H and O–H groups in total. The zero-order chi connectivity index (χ0) is 10.3. The first-order valence-electron chi connectivity index (χ1n) is 6.80. The first kappa shape index (κ1) is 11.4. The van der Waals surface area contributed by atoms with Crippen molar-refractivity contribution in [2.24, 2.45) is 0 Å². The van der Waals surface area contributed by atoms with E-state index in [1.54, 1.807) is 0 Å². The predicted octanol–water partition coefficient (Wildman–Crippen LogP) is 2.87. The monoisotopic (exact) mass is 211 g/mol. The number of unbranched alkanes of at least 4 members (excludes halogenated alkanes) is 3. The van der Waals surface area contributed by atoms with Gasteiger partial charge in [0.25, 0.3) is 0 Å². The van der Waals surface area contributed by atoms with Crippen LogP contribution in [0, 0.1) is 0 Å². The molecule has 0 aromatic carbocycles. The minimum Gasteiger partial charge on any atom is -0.378 e. The zero-order valence-electron chi connectivity index (χ0n) is 9.84. The molecule has 2 heteroatoms. The van der Waals surface area contributed by atoms with Crippen LogP contribution in [-0.2, 0) is 4.74 Å². The summed E-state index contributed by atoms with van der Waals surface area (Å²) >= 11 is 0. The molecule has 0 amide bonds. The predicted molar refractivity (Wildman–Crippen MR) is 63.1 cm³/mol. The van der Waals surface area contributed by atoms with E-state index in [1.165, 1.54) is 64.3 Å². The van der Waals surface area contributed by atoms with E-state index in [-0.39, 0.29) is 0 Å². The lowest BCUT2D eigenvalue weighted by atomic mass is 9.96. The average Bonchev–Trinajstić information content (AvgIpc) is 2.96. The summed E-state index contributed by atoms with van der Waals surface area (Å²) in [6.45, 7) is 2.23. The lowest BCUT2D eigenvalue weighted by Gasteiger charge is -2.25. The van der Waals surface area contributed by atoms with E-state index in [2.05, 4.69) is 5.32 Å². The molecule has 0 heterocycles. The van der Waals surface area contributed by atoms with Crippen molar-refractivity contribution >= 4 is 0 Å². The Morgan fingerprint density at radius 1 is 0.933 bits per heavy atom. The van der Waals surface area contributed by atoms with Gasteiger partial charge in [-0.3, -0.25) is 0 Å². The molecule has 2 aliphatic rings. The summed E-state index contributed by atoms with van der Waals surface area (Å²) in [6.07, 6.45) is 12.8. The van der Waals surface area contributed by atoms with E-state index >= 15 is 0 Å². The molecule has 88 valence electrons. The van der Waals surface area contributed by atoms with Crippen molar-refractivity contribution in [1.82, 2.24) is 5.32 Å². The SMILES string of the molecule is C(CCCOC1CCC1)CCNC1CC1. The number of rotatable bonds is 9. The molecule has 2 nitrogen and oxygen atoms in total. The van der Waals surface area contributed by atoms with Crippen molar-refractivity contribution in [3.63, 3.8) is 0 Å². The molecule has 0 atom stereocenters. The van der Waals surface area contributed by atoms with Crippen LogP contribution in [0.25, 0.3) is 0 Å². The van der Waals surface area contributed by atoms with Gasteiger partial charge in [-0.15, -0.1) is 0 Å². The second-order valence-electron chi connectivity index (χ2n) is 5.07. The summed E-state index contributed by atoms with van der Waals surface area (Å²) in [5.74, 6) is 0. The Bertz CT molecular complexity index is 164. The fraction of sp³-hybridized carbons (Fsp3) is 1.00. The van der Waals surface area contributed by atoms with Crippen LogP contribution in [0.3, 0.4) is 0 Å². The molecule has 0 saturated heterocycles. The van der Waals surface area contributed by atoms with Crippen LogP contribution in [0.1, 0.15) is 57.8 Å². The van der Waals surface area contributed by atoms with Crippen molar-refractivity contribution in [3.05, 3.63) is 0 Å². The fourth-order valence-corrected chi connectivity index (χ4v) is 1.96. The molecule has 0 aromatic heterocycles. The second kappa shape index (κ2) is 6.49. The molecule has 2 saturated carbocycles. The summed E-state index contributed by atoms with van der Waals surface area (Å²) in [5, 5.41) is 3.55. The third-order valence-corrected chi connectivity index (χ3v) is 3.49. The Kier molecular flexibility index (Phi) is 4.94. The normalized spacial score (nSPS) is 21.6. The van der Waals surface area contributed by atoms with Gasteiger partial charge in [0.15, 0.2) is 0 Å². The Morgan fingerprint density at radius 3 is 2.40 bits per heavy atom. The molecule has 2 fully saturated rings. The van der Waals surface area contributed by atoms with Crippen LogP contribution < -0.4 is 5.32 Å². The topological polar surface area (TPSA) is 21.3 Å². The number of nitrogens with one attached hydrogen (secondary N) is 1. The third-order valence-electron chi connectivity index (χ3n) is 3.49. The smallest absolute Gasteiger partial charge is 0.0575 e. The Hall–Kier alpha value is -0.0800. The highest BCUT2D eigenvalue weighted by Gasteiger charge is 2.19.